The summed E-state index contributed by atoms with van der Waals surface area (Å²) >= 11 is 5.76. The van der Waals surface area contributed by atoms with E-state index >= 15 is 0 Å². The molecule has 2 aromatic carbocycles. The molecule has 0 aliphatic carbocycles. The molecule has 0 bridgehead atoms. The highest BCUT2D eigenvalue weighted by atomic mass is 35.5. The second-order valence-electron chi connectivity index (χ2n) is 3.84. The van der Waals surface area contributed by atoms with Crippen molar-refractivity contribution in [2.24, 2.45) is 0 Å². The van der Waals surface area contributed by atoms with Crippen LogP contribution in [-0.2, 0) is 6.61 Å². The van der Waals surface area contributed by atoms with E-state index in [2.05, 4.69) is 0 Å². The van der Waals surface area contributed by atoms with Crippen molar-refractivity contribution in [1.29, 1.82) is 0 Å². The van der Waals surface area contributed by atoms with Gasteiger partial charge in [0.1, 0.15) is 30.3 Å². The van der Waals surface area contributed by atoms with Gasteiger partial charge in [-0.15, -0.1) is 0 Å². The van der Waals surface area contributed by atoms with Crippen LogP contribution in [0.4, 0.5) is 8.78 Å². The standard InChI is InChI=1S/C14H9ClF2O2/c15-14-10(2-1-3-13(14)17)8-19-12-5-9(7-18)4-11(16)6-12/h1-7H,8H2. The monoisotopic (exact) mass is 282 g/mol. The Morgan fingerprint density at radius 3 is 2.74 bits per heavy atom. The van der Waals surface area contributed by atoms with Crippen LogP contribution in [-0.4, -0.2) is 6.29 Å². The fourth-order valence-corrected chi connectivity index (χ4v) is 1.74. The van der Waals surface area contributed by atoms with Gasteiger partial charge in [0.15, 0.2) is 0 Å². The van der Waals surface area contributed by atoms with Crippen LogP contribution in [0, 0.1) is 11.6 Å². The zero-order valence-electron chi connectivity index (χ0n) is 9.70. The van der Waals surface area contributed by atoms with Crippen molar-refractivity contribution < 1.29 is 18.3 Å². The first kappa shape index (κ1) is 13.5. The first-order valence-electron chi connectivity index (χ1n) is 5.41. The highest BCUT2D eigenvalue weighted by Crippen LogP contribution is 2.22. The SMILES string of the molecule is O=Cc1cc(F)cc(OCc2cccc(F)c2Cl)c1. The van der Waals surface area contributed by atoms with Crippen LogP contribution in [0.25, 0.3) is 0 Å². The van der Waals surface area contributed by atoms with E-state index < -0.39 is 11.6 Å². The van der Waals surface area contributed by atoms with E-state index in [1.165, 1.54) is 18.2 Å². The Hall–Kier alpha value is -1.94. The van der Waals surface area contributed by atoms with E-state index in [9.17, 15) is 13.6 Å². The summed E-state index contributed by atoms with van der Waals surface area (Å²) in [5.74, 6) is -0.942. The molecular weight excluding hydrogens is 274 g/mol. The minimum atomic E-state index is -0.579. The molecule has 0 aromatic heterocycles. The van der Waals surface area contributed by atoms with Crippen LogP contribution in [0.15, 0.2) is 36.4 Å². The minimum Gasteiger partial charge on any atom is -0.489 e. The van der Waals surface area contributed by atoms with Gasteiger partial charge < -0.3 is 4.74 Å². The molecule has 0 fully saturated rings. The third kappa shape index (κ3) is 3.29. The lowest BCUT2D eigenvalue weighted by Crippen LogP contribution is -1.98. The number of ether oxygens (including phenoxy) is 1. The van der Waals surface area contributed by atoms with Crippen LogP contribution in [0.2, 0.25) is 5.02 Å². The summed E-state index contributed by atoms with van der Waals surface area (Å²) in [6, 6.07) is 7.96. The van der Waals surface area contributed by atoms with Crippen molar-refractivity contribution in [3.8, 4) is 5.75 Å². The molecular formula is C14H9ClF2O2. The fourth-order valence-electron chi connectivity index (χ4n) is 1.56. The normalized spacial score (nSPS) is 10.3. The largest absolute Gasteiger partial charge is 0.489 e. The number of rotatable bonds is 4. The summed E-state index contributed by atoms with van der Waals surface area (Å²) in [5, 5.41) is -0.0329. The summed E-state index contributed by atoms with van der Waals surface area (Å²) in [6.07, 6.45) is 0.519. The van der Waals surface area contributed by atoms with Crippen LogP contribution < -0.4 is 4.74 Å². The summed E-state index contributed by atoms with van der Waals surface area (Å²) < 4.78 is 31.7. The molecule has 0 aliphatic rings. The van der Waals surface area contributed by atoms with Gasteiger partial charge in [0.05, 0.1) is 5.02 Å². The lowest BCUT2D eigenvalue weighted by molar-refractivity contribution is 0.112. The second-order valence-corrected chi connectivity index (χ2v) is 4.22. The molecule has 0 N–H and O–H groups in total. The van der Waals surface area contributed by atoms with E-state index in [0.29, 0.717) is 11.8 Å². The Morgan fingerprint density at radius 2 is 2.00 bits per heavy atom. The molecule has 0 unspecified atom stereocenters. The maximum Gasteiger partial charge on any atom is 0.150 e. The highest BCUT2D eigenvalue weighted by Gasteiger charge is 2.07. The van der Waals surface area contributed by atoms with Gasteiger partial charge in [0.25, 0.3) is 0 Å². The molecule has 2 aromatic rings. The van der Waals surface area contributed by atoms with Gasteiger partial charge in [0, 0.05) is 17.2 Å². The number of carbonyl (C=O) groups is 1. The molecule has 0 aliphatic heterocycles. The molecule has 0 saturated heterocycles. The predicted molar refractivity (Wildman–Crippen MR) is 67.5 cm³/mol. The quantitative estimate of drug-likeness (QED) is 0.792. The van der Waals surface area contributed by atoms with Gasteiger partial charge in [-0.2, -0.15) is 0 Å². The van der Waals surface area contributed by atoms with Crippen LogP contribution in [0.1, 0.15) is 15.9 Å². The number of hydrogen-bond donors (Lipinski definition) is 0. The molecule has 2 nitrogen and oxygen atoms in total. The maximum atomic E-state index is 13.2. The van der Waals surface area contributed by atoms with Crippen molar-refractivity contribution in [2.45, 2.75) is 6.61 Å². The first-order chi connectivity index (χ1) is 9.10. The molecule has 0 saturated carbocycles. The highest BCUT2D eigenvalue weighted by molar-refractivity contribution is 6.31. The average Bonchev–Trinajstić information content (AvgIpc) is 2.40. The van der Waals surface area contributed by atoms with Gasteiger partial charge in [0.2, 0.25) is 0 Å². The van der Waals surface area contributed by atoms with Crippen LogP contribution in [0.5, 0.6) is 5.75 Å². The Labute approximate surface area is 113 Å². The molecule has 5 heteroatoms. The summed E-state index contributed by atoms with van der Waals surface area (Å²) in [6.45, 7) is -0.0155. The van der Waals surface area contributed by atoms with E-state index in [0.717, 1.165) is 12.1 Å². The molecule has 0 spiro atoms. The lowest BCUT2D eigenvalue weighted by Gasteiger charge is -2.08. The van der Waals surface area contributed by atoms with Gasteiger partial charge in [-0.1, -0.05) is 23.7 Å². The summed E-state index contributed by atoms with van der Waals surface area (Å²) in [5.41, 5.74) is 0.610. The molecule has 0 amide bonds. The average molecular weight is 283 g/mol. The van der Waals surface area contributed by atoms with Crippen molar-refractivity contribution in [1.82, 2.24) is 0 Å². The van der Waals surface area contributed by atoms with E-state index in [1.807, 2.05) is 0 Å². The zero-order chi connectivity index (χ0) is 13.8. The third-order valence-electron chi connectivity index (χ3n) is 2.46. The first-order valence-corrected chi connectivity index (χ1v) is 5.79. The minimum absolute atomic E-state index is 0.0155. The Bertz CT molecular complexity index is 614. The van der Waals surface area contributed by atoms with Crippen molar-refractivity contribution in [2.75, 3.05) is 0 Å². The Morgan fingerprint density at radius 1 is 1.21 bits per heavy atom. The maximum absolute atomic E-state index is 13.2. The topological polar surface area (TPSA) is 26.3 Å². The van der Waals surface area contributed by atoms with Gasteiger partial charge in [-0.3, -0.25) is 4.79 Å². The Kier molecular flexibility index (Phi) is 4.12. The molecule has 0 radical (unpaired) electrons. The number of halogens is 3. The molecule has 98 valence electrons. The number of carbonyl (C=O) groups excluding carboxylic acids is 1. The number of hydrogen-bond acceptors (Lipinski definition) is 2. The fraction of sp³-hybridized carbons (Fsp3) is 0.0714. The molecule has 2 rings (SSSR count). The number of benzene rings is 2. The third-order valence-corrected chi connectivity index (χ3v) is 2.88. The van der Waals surface area contributed by atoms with Gasteiger partial charge >= 0.3 is 0 Å². The van der Waals surface area contributed by atoms with Gasteiger partial charge in [-0.25, -0.2) is 8.78 Å². The zero-order valence-corrected chi connectivity index (χ0v) is 10.5. The van der Waals surface area contributed by atoms with Crippen molar-refractivity contribution in [3.63, 3.8) is 0 Å². The lowest BCUT2D eigenvalue weighted by atomic mass is 10.2. The molecule has 19 heavy (non-hydrogen) atoms. The van der Waals surface area contributed by atoms with Gasteiger partial charge in [-0.05, 0) is 18.2 Å². The molecule has 0 atom stereocenters. The second kappa shape index (κ2) is 5.80. The summed E-state index contributed by atoms with van der Waals surface area (Å²) in [4.78, 5) is 10.6. The predicted octanol–water partition coefficient (Wildman–Crippen LogP) is 4.01. The van der Waals surface area contributed by atoms with E-state index in [-0.39, 0.29) is 22.9 Å². The molecule has 0 heterocycles. The van der Waals surface area contributed by atoms with E-state index in [4.69, 9.17) is 16.3 Å². The van der Waals surface area contributed by atoms with E-state index in [1.54, 1.807) is 6.07 Å². The van der Waals surface area contributed by atoms with Crippen molar-refractivity contribution in [3.05, 3.63) is 64.2 Å². The van der Waals surface area contributed by atoms with Crippen molar-refractivity contribution >= 4 is 17.9 Å². The smallest absolute Gasteiger partial charge is 0.150 e. The number of aldehydes is 1. The van der Waals surface area contributed by atoms with Crippen LogP contribution >= 0.6 is 11.6 Å². The Balaban J connectivity index is 2.16. The summed E-state index contributed by atoms with van der Waals surface area (Å²) in [7, 11) is 0. The van der Waals surface area contributed by atoms with Crippen LogP contribution in [0.3, 0.4) is 0 Å².